The molecule has 44 heavy (non-hydrogen) atoms. The van der Waals surface area contributed by atoms with Gasteiger partial charge in [0.1, 0.15) is 12.6 Å². The van der Waals surface area contributed by atoms with Crippen molar-refractivity contribution in [3.63, 3.8) is 0 Å². The van der Waals surface area contributed by atoms with Crippen LogP contribution >= 0.6 is 0 Å². The molecule has 2 N–H and O–H groups in total. The Morgan fingerprint density at radius 2 is 1.70 bits per heavy atom. The van der Waals surface area contributed by atoms with Crippen LogP contribution in [0.3, 0.4) is 0 Å². The van der Waals surface area contributed by atoms with Crippen molar-refractivity contribution < 1.29 is 24.3 Å². The molecule has 0 spiro atoms. The van der Waals surface area contributed by atoms with E-state index in [0.717, 1.165) is 56.9 Å². The van der Waals surface area contributed by atoms with Gasteiger partial charge in [-0.2, -0.15) is 5.26 Å². The van der Waals surface area contributed by atoms with E-state index in [1.807, 2.05) is 26.0 Å². The predicted octanol–water partition coefficient (Wildman–Crippen LogP) is 7.75. The first-order valence-corrected chi connectivity index (χ1v) is 16.7. The molecule has 244 valence electrons. The highest BCUT2D eigenvalue weighted by atomic mass is 16.4. The van der Waals surface area contributed by atoms with Gasteiger partial charge in [-0.1, -0.05) is 86.8 Å². The fraction of sp³-hybridized carbons (Fsp3) is 0.757. The number of carbonyl (C=O) groups is 4. The number of carboxylic acids is 1. The number of Topliss-reactive ketones (excluding diaryl/α,β-unsaturated/α-hetero) is 1. The third-order valence-electron chi connectivity index (χ3n) is 12.9. The van der Waals surface area contributed by atoms with Crippen molar-refractivity contribution >= 4 is 23.4 Å². The quantitative estimate of drug-likeness (QED) is 0.220. The fourth-order valence-electron chi connectivity index (χ4n) is 8.86. The third kappa shape index (κ3) is 6.60. The molecule has 0 saturated heterocycles. The number of allylic oxidation sites excluding steroid dienone is 4. The molecule has 7 heteroatoms. The summed E-state index contributed by atoms with van der Waals surface area (Å²) < 4.78 is 0. The summed E-state index contributed by atoms with van der Waals surface area (Å²) in [5.74, 6) is -1.29. The molecule has 0 unspecified atom stereocenters. The van der Waals surface area contributed by atoms with Crippen LogP contribution in [-0.2, 0) is 19.2 Å². The van der Waals surface area contributed by atoms with Crippen LogP contribution < -0.4 is 5.32 Å². The molecule has 0 heterocycles. The van der Waals surface area contributed by atoms with Gasteiger partial charge in [0.05, 0.1) is 5.57 Å². The lowest BCUT2D eigenvalue weighted by molar-refractivity contribution is -0.138. The zero-order valence-corrected chi connectivity index (χ0v) is 28.7. The second kappa shape index (κ2) is 12.6. The second-order valence-corrected chi connectivity index (χ2v) is 16.2. The van der Waals surface area contributed by atoms with Crippen LogP contribution in [0, 0.1) is 49.7 Å². The average Bonchev–Trinajstić information content (AvgIpc) is 2.95. The lowest BCUT2D eigenvalue weighted by Crippen LogP contribution is -2.57. The summed E-state index contributed by atoms with van der Waals surface area (Å²) in [7, 11) is 0. The molecule has 3 rings (SSSR count). The van der Waals surface area contributed by atoms with E-state index in [9.17, 15) is 24.4 Å². The van der Waals surface area contributed by atoms with Crippen molar-refractivity contribution in [1.82, 2.24) is 5.32 Å². The predicted molar refractivity (Wildman–Crippen MR) is 172 cm³/mol. The number of amides is 1. The number of fused-ring (bicyclic) bond motifs is 3. The van der Waals surface area contributed by atoms with Gasteiger partial charge in [0.15, 0.2) is 11.6 Å². The van der Waals surface area contributed by atoms with Crippen molar-refractivity contribution in [1.29, 1.82) is 5.26 Å². The Kier molecular flexibility index (Phi) is 10.2. The van der Waals surface area contributed by atoms with E-state index < -0.39 is 16.8 Å². The van der Waals surface area contributed by atoms with Crippen molar-refractivity contribution in [2.75, 3.05) is 6.54 Å². The van der Waals surface area contributed by atoms with E-state index >= 15 is 0 Å². The van der Waals surface area contributed by atoms with Gasteiger partial charge >= 0.3 is 5.97 Å². The Hall–Kier alpha value is -2.75. The topological polar surface area (TPSA) is 124 Å². The lowest BCUT2D eigenvalue weighted by atomic mass is 9.40. The Labute approximate surface area is 265 Å². The van der Waals surface area contributed by atoms with Crippen molar-refractivity contribution in [2.24, 2.45) is 38.4 Å². The number of nitriles is 1. The molecule has 0 aromatic rings. The highest BCUT2D eigenvalue weighted by Gasteiger charge is 2.63. The van der Waals surface area contributed by atoms with E-state index in [-0.39, 0.29) is 63.6 Å². The molecular weight excluding hydrogens is 552 g/mol. The van der Waals surface area contributed by atoms with Gasteiger partial charge in [0.25, 0.3) is 0 Å². The van der Waals surface area contributed by atoms with Crippen LogP contribution in [-0.4, -0.2) is 35.1 Å². The Balaban J connectivity index is 1.98. The van der Waals surface area contributed by atoms with Gasteiger partial charge in [-0.3, -0.25) is 19.2 Å². The zero-order valence-electron chi connectivity index (χ0n) is 28.7. The van der Waals surface area contributed by atoms with Crippen molar-refractivity contribution in [3.05, 3.63) is 23.3 Å². The van der Waals surface area contributed by atoms with E-state index in [2.05, 4.69) is 59.9 Å². The van der Waals surface area contributed by atoms with Crippen molar-refractivity contribution in [2.45, 2.75) is 133 Å². The van der Waals surface area contributed by atoms with Crippen LogP contribution in [0.1, 0.15) is 133 Å². The molecule has 1 amide bonds. The molecule has 7 nitrogen and oxygen atoms in total. The molecule has 3 aliphatic carbocycles. The van der Waals surface area contributed by atoms with Gasteiger partial charge < -0.3 is 10.4 Å². The number of carboxylic acid groups (broad SMARTS) is 1. The maximum Gasteiger partial charge on any atom is 0.322 e. The SMILES string of the molecule is CCC(C)(C)CC[C@](CC)(CCC(=O)NCC(=O)O)CC[C@]1(C)CC(=O)C=C2[C@@]3(C)C=C(C#N)C(=O)C(C)(C)[C@@H]3CC[C@]21C. The summed E-state index contributed by atoms with van der Waals surface area (Å²) in [5, 5.41) is 21.4. The summed E-state index contributed by atoms with van der Waals surface area (Å²) >= 11 is 0. The molecule has 0 aromatic carbocycles. The number of ketones is 2. The number of hydrogen-bond donors (Lipinski definition) is 2. The minimum Gasteiger partial charge on any atom is -0.480 e. The Morgan fingerprint density at radius 3 is 2.27 bits per heavy atom. The maximum absolute atomic E-state index is 13.6. The summed E-state index contributed by atoms with van der Waals surface area (Å²) in [6.45, 7) is 19.2. The van der Waals surface area contributed by atoms with Gasteiger partial charge in [0.2, 0.25) is 5.91 Å². The van der Waals surface area contributed by atoms with E-state index in [4.69, 9.17) is 5.11 Å². The van der Waals surface area contributed by atoms with Crippen molar-refractivity contribution in [3.8, 4) is 6.07 Å². The van der Waals surface area contributed by atoms with Gasteiger partial charge in [-0.05, 0) is 78.6 Å². The molecule has 1 saturated carbocycles. The third-order valence-corrected chi connectivity index (χ3v) is 12.9. The zero-order chi connectivity index (χ0) is 33.4. The molecule has 1 fully saturated rings. The first kappa shape index (κ1) is 35.7. The van der Waals surface area contributed by atoms with Crippen LogP contribution in [0.5, 0.6) is 0 Å². The summed E-state index contributed by atoms with van der Waals surface area (Å²) in [5.41, 5.74) is -0.576. The molecular formula is C37H56N2O5. The molecule has 0 aromatic heterocycles. The first-order chi connectivity index (χ1) is 20.2. The minimum atomic E-state index is -1.05. The fourth-order valence-corrected chi connectivity index (χ4v) is 8.86. The number of rotatable bonds is 13. The van der Waals surface area contributed by atoms with Crippen LogP contribution in [0.25, 0.3) is 0 Å². The van der Waals surface area contributed by atoms with E-state index in [1.54, 1.807) is 0 Å². The van der Waals surface area contributed by atoms with Crippen LogP contribution in [0.2, 0.25) is 0 Å². The smallest absolute Gasteiger partial charge is 0.322 e. The summed E-state index contributed by atoms with van der Waals surface area (Å²) in [4.78, 5) is 50.5. The van der Waals surface area contributed by atoms with E-state index in [0.29, 0.717) is 12.8 Å². The molecule has 0 aliphatic heterocycles. The Morgan fingerprint density at radius 1 is 1.05 bits per heavy atom. The number of carbonyl (C=O) groups excluding carboxylic acids is 3. The molecule has 0 bridgehead atoms. The summed E-state index contributed by atoms with van der Waals surface area (Å²) in [6, 6.07) is 2.16. The van der Waals surface area contributed by atoms with Gasteiger partial charge in [-0.15, -0.1) is 0 Å². The molecule has 0 radical (unpaired) electrons. The molecule has 3 aliphatic rings. The monoisotopic (exact) mass is 608 g/mol. The standard InChI is InChI=1S/C37H56N2O5/c1-10-32(3,4)16-18-37(11-2,15-13-29(41)39-24-30(42)43)19-17-34(7)22-26(40)20-28-35(8)21-25(23-38)31(44)33(5,6)27(35)12-14-36(28,34)9/h20-21,27H,10-19,22,24H2,1-9H3,(H,39,41)(H,42,43)/t27-,34+,35-,36+,37-/m0/s1. The number of hydrogen-bond acceptors (Lipinski definition) is 5. The van der Waals surface area contributed by atoms with Crippen LogP contribution in [0.4, 0.5) is 0 Å². The first-order valence-electron chi connectivity index (χ1n) is 16.7. The summed E-state index contributed by atoms with van der Waals surface area (Å²) in [6.07, 6.45) is 12.4. The maximum atomic E-state index is 13.6. The minimum absolute atomic E-state index is 0.00407. The normalized spacial score (nSPS) is 31.0. The van der Waals surface area contributed by atoms with Gasteiger partial charge in [-0.25, -0.2) is 0 Å². The van der Waals surface area contributed by atoms with Gasteiger partial charge in [0, 0.05) is 23.7 Å². The highest BCUT2D eigenvalue weighted by Crippen LogP contribution is 2.69. The largest absolute Gasteiger partial charge is 0.480 e. The lowest BCUT2D eigenvalue weighted by Gasteiger charge is -2.63. The second-order valence-electron chi connectivity index (χ2n) is 16.2. The van der Waals surface area contributed by atoms with Crippen LogP contribution in [0.15, 0.2) is 23.3 Å². The molecule has 5 atom stereocenters. The number of nitrogens with zero attached hydrogens (tertiary/aromatic N) is 1. The highest BCUT2D eigenvalue weighted by molar-refractivity contribution is 6.04. The Bertz CT molecular complexity index is 1280. The van der Waals surface area contributed by atoms with E-state index in [1.165, 1.54) is 0 Å². The number of aliphatic carboxylic acids is 1. The average molecular weight is 609 g/mol. The number of nitrogens with one attached hydrogen (secondary N) is 1.